The van der Waals surface area contributed by atoms with Crippen molar-refractivity contribution in [2.45, 2.75) is 55.4 Å². The summed E-state index contributed by atoms with van der Waals surface area (Å²) in [5.41, 5.74) is 0.786. The molecule has 3 aliphatic heterocycles. The molecule has 0 radical (unpaired) electrons. The lowest BCUT2D eigenvalue weighted by molar-refractivity contribution is -0.277. The Kier molecular flexibility index (Phi) is 4.59. The van der Waals surface area contributed by atoms with Gasteiger partial charge in [0.2, 0.25) is 6.29 Å². The lowest BCUT2D eigenvalue weighted by atomic mass is 9.99. The van der Waals surface area contributed by atoms with Crippen LogP contribution in [0.2, 0.25) is 0 Å². The molecule has 1 aromatic rings. The van der Waals surface area contributed by atoms with Gasteiger partial charge in [-0.1, -0.05) is 12.1 Å². The number of esters is 1. The van der Waals surface area contributed by atoms with E-state index >= 15 is 0 Å². The highest BCUT2D eigenvalue weighted by atomic mass is 16.7. The molecule has 9 nitrogen and oxygen atoms in total. The zero-order valence-electron chi connectivity index (χ0n) is 13.7. The first kappa shape index (κ1) is 17.7. The number of rotatable bonds is 4. The number of ether oxygens (including phenoxy) is 4. The average molecular weight is 368 g/mol. The van der Waals surface area contributed by atoms with Crippen LogP contribution in [-0.4, -0.2) is 75.9 Å². The van der Waals surface area contributed by atoms with Gasteiger partial charge in [0.25, 0.3) is 0 Å². The molecule has 3 aliphatic rings. The summed E-state index contributed by atoms with van der Waals surface area (Å²) in [7, 11) is 0. The molecule has 3 heterocycles. The third kappa shape index (κ3) is 3.18. The molecule has 0 aromatic heterocycles. The third-order valence-electron chi connectivity index (χ3n) is 4.87. The zero-order valence-corrected chi connectivity index (χ0v) is 13.7. The molecular formula is C17H20O9. The van der Waals surface area contributed by atoms with Gasteiger partial charge in [-0.25, -0.2) is 4.79 Å². The monoisotopic (exact) mass is 368 g/mol. The zero-order chi connectivity index (χ0) is 18.4. The van der Waals surface area contributed by atoms with Crippen LogP contribution in [0.3, 0.4) is 0 Å². The number of carbonyl (C=O) groups excluding carboxylic acids is 1. The van der Waals surface area contributed by atoms with E-state index in [2.05, 4.69) is 0 Å². The van der Waals surface area contributed by atoms with Crippen molar-refractivity contribution in [3.8, 4) is 5.75 Å². The van der Waals surface area contributed by atoms with Crippen molar-refractivity contribution in [2.24, 2.45) is 0 Å². The van der Waals surface area contributed by atoms with Crippen LogP contribution in [0.5, 0.6) is 5.75 Å². The molecule has 8 unspecified atom stereocenters. The molecule has 3 saturated heterocycles. The van der Waals surface area contributed by atoms with Gasteiger partial charge in [-0.3, -0.25) is 0 Å². The van der Waals surface area contributed by atoms with E-state index in [-0.39, 0.29) is 18.2 Å². The highest BCUT2D eigenvalue weighted by Crippen LogP contribution is 2.40. The minimum atomic E-state index is -1.50. The van der Waals surface area contributed by atoms with Gasteiger partial charge in [-0.15, -0.1) is 0 Å². The molecule has 0 amide bonds. The van der Waals surface area contributed by atoms with Crippen molar-refractivity contribution in [3.63, 3.8) is 0 Å². The molecule has 9 heteroatoms. The molecule has 3 fully saturated rings. The normalized spacial score (nSPS) is 41.9. The van der Waals surface area contributed by atoms with Crippen molar-refractivity contribution >= 4 is 5.97 Å². The number of benzene rings is 1. The molecule has 8 atom stereocenters. The van der Waals surface area contributed by atoms with Crippen molar-refractivity contribution in [2.75, 3.05) is 6.61 Å². The van der Waals surface area contributed by atoms with Gasteiger partial charge in [0, 0.05) is 6.42 Å². The fourth-order valence-electron chi connectivity index (χ4n) is 3.26. The van der Waals surface area contributed by atoms with Crippen molar-refractivity contribution in [3.05, 3.63) is 29.8 Å². The average Bonchev–Trinajstić information content (AvgIpc) is 3.43. The summed E-state index contributed by atoms with van der Waals surface area (Å²) < 4.78 is 21.4. The largest absolute Gasteiger partial charge is 0.462 e. The predicted molar refractivity (Wildman–Crippen MR) is 82.9 cm³/mol. The van der Waals surface area contributed by atoms with Gasteiger partial charge in [-0.05, 0) is 17.7 Å². The molecular weight excluding hydrogens is 348 g/mol. The molecule has 4 N–H and O–H groups in total. The van der Waals surface area contributed by atoms with Crippen LogP contribution in [0.1, 0.15) is 18.1 Å². The Morgan fingerprint density at radius 1 is 1.04 bits per heavy atom. The van der Waals surface area contributed by atoms with Gasteiger partial charge in [0.15, 0.2) is 6.10 Å². The van der Waals surface area contributed by atoms with E-state index in [0.717, 1.165) is 5.56 Å². The molecule has 142 valence electrons. The summed E-state index contributed by atoms with van der Waals surface area (Å²) in [4.78, 5) is 11.6. The Morgan fingerprint density at radius 2 is 1.77 bits per heavy atom. The fraction of sp³-hybridized carbons (Fsp3) is 0.588. The Morgan fingerprint density at radius 3 is 2.42 bits per heavy atom. The summed E-state index contributed by atoms with van der Waals surface area (Å²) in [5.74, 6) is -0.00587. The van der Waals surface area contributed by atoms with E-state index in [9.17, 15) is 25.2 Å². The number of aliphatic hydroxyl groups is 4. The molecule has 0 aliphatic carbocycles. The molecule has 1 aromatic carbocycles. The Bertz CT molecular complexity index is 661. The predicted octanol–water partition coefficient (Wildman–Crippen LogP) is -1.38. The van der Waals surface area contributed by atoms with Crippen molar-refractivity contribution in [1.82, 2.24) is 0 Å². The number of fused-ring (bicyclic) bond motifs is 1. The minimum Gasteiger partial charge on any atom is -0.462 e. The fourth-order valence-corrected chi connectivity index (χ4v) is 3.26. The first-order valence-corrected chi connectivity index (χ1v) is 8.41. The quantitative estimate of drug-likeness (QED) is 0.374. The van der Waals surface area contributed by atoms with Gasteiger partial charge < -0.3 is 39.4 Å². The number of epoxide rings is 1. The van der Waals surface area contributed by atoms with Crippen molar-refractivity contribution < 1.29 is 44.2 Å². The van der Waals surface area contributed by atoms with Gasteiger partial charge in [-0.2, -0.15) is 0 Å². The molecule has 0 bridgehead atoms. The highest BCUT2D eigenvalue weighted by molar-refractivity contribution is 5.79. The van der Waals surface area contributed by atoms with E-state index in [1.165, 1.54) is 0 Å². The minimum absolute atomic E-state index is 0.0775. The number of hydrogen-bond donors (Lipinski definition) is 4. The summed E-state index contributed by atoms with van der Waals surface area (Å²) >= 11 is 0. The summed E-state index contributed by atoms with van der Waals surface area (Å²) in [6.07, 6.45) is -6.97. The van der Waals surface area contributed by atoms with Crippen LogP contribution in [-0.2, 0) is 19.0 Å². The van der Waals surface area contributed by atoms with Gasteiger partial charge >= 0.3 is 5.97 Å². The highest BCUT2D eigenvalue weighted by Gasteiger charge is 2.52. The third-order valence-corrected chi connectivity index (χ3v) is 4.87. The van der Waals surface area contributed by atoms with Crippen LogP contribution in [0, 0.1) is 0 Å². The Hall–Kier alpha value is -1.75. The number of hydrogen-bond acceptors (Lipinski definition) is 9. The maximum Gasteiger partial charge on any atom is 0.338 e. The standard InChI is InChI=1S/C17H20O9/c18-6-11-12(19)13(20)14(21)17(26-11)23-8-3-1-7(2-4-8)9-5-10-15(24-10)16(22)25-9/h1-4,9-15,17-21H,5-6H2. The van der Waals surface area contributed by atoms with Crippen LogP contribution in [0.25, 0.3) is 0 Å². The first-order valence-electron chi connectivity index (χ1n) is 8.41. The van der Waals surface area contributed by atoms with E-state index in [1.54, 1.807) is 24.3 Å². The van der Waals surface area contributed by atoms with Crippen LogP contribution in [0.4, 0.5) is 0 Å². The van der Waals surface area contributed by atoms with E-state index in [1.807, 2.05) is 0 Å². The maximum absolute atomic E-state index is 11.6. The van der Waals surface area contributed by atoms with Gasteiger partial charge in [0.05, 0.1) is 12.7 Å². The second-order valence-corrected chi connectivity index (χ2v) is 6.64. The Labute approximate surface area is 148 Å². The second-order valence-electron chi connectivity index (χ2n) is 6.64. The van der Waals surface area contributed by atoms with Gasteiger partial charge in [0.1, 0.15) is 36.3 Å². The first-order chi connectivity index (χ1) is 12.5. The van der Waals surface area contributed by atoms with Crippen LogP contribution in [0.15, 0.2) is 24.3 Å². The van der Waals surface area contributed by atoms with E-state index in [4.69, 9.17) is 18.9 Å². The smallest absolute Gasteiger partial charge is 0.338 e. The Balaban J connectivity index is 1.41. The summed E-state index contributed by atoms with van der Waals surface area (Å²) in [5, 5.41) is 38.7. The second kappa shape index (κ2) is 6.76. The topological polar surface area (TPSA) is 138 Å². The lowest BCUT2D eigenvalue weighted by Crippen LogP contribution is -2.60. The summed E-state index contributed by atoms with van der Waals surface area (Å²) in [6, 6.07) is 6.68. The SMILES string of the molecule is O=C1OC(c2ccc(OC3OC(CO)C(O)C(O)C3O)cc2)CC2OC12. The maximum atomic E-state index is 11.6. The summed E-state index contributed by atoms with van der Waals surface area (Å²) in [6.45, 7) is -0.527. The van der Waals surface area contributed by atoms with E-state index in [0.29, 0.717) is 12.2 Å². The number of cyclic esters (lactones) is 1. The number of carbonyl (C=O) groups is 1. The van der Waals surface area contributed by atoms with E-state index < -0.39 is 43.4 Å². The molecule has 26 heavy (non-hydrogen) atoms. The van der Waals surface area contributed by atoms with Crippen LogP contribution < -0.4 is 4.74 Å². The lowest BCUT2D eigenvalue weighted by Gasteiger charge is -2.39. The number of aliphatic hydroxyl groups excluding tert-OH is 4. The van der Waals surface area contributed by atoms with Crippen LogP contribution >= 0.6 is 0 Å². The molecule has 4 rings (SSSR count). The molecule has 0 spiro atoms. The molecule has 0 saturated carbocycles. The van der Waals surface area contributed by atoms with Crippen molar-refractivity contribution in [1.29, 1.82) is 0 Å².